The number of benzene rings is 1. The van der Waals surface area contributed by atoms with Crippen molar-refractivity contribution < 1.29 is 13.1 Å². The van der Waals surface area contributed by atoms with Gasteiger partial charge in [0.25, 0.3) is 0 Å². The average molecular weight is 306 g/mol. The van der Waals surface area contributed by atoms with Crippen LogP contribution in [-0.2, 0) is 7.05 Å². The van der Waals surface area contributed by atoms with Crippen molar-refractivity contribution in [1.82, 2.24) is 4.81 Å². The number of fused-ring (bicyclic) bond motifs is 3. The Balaban J connectivity index is 1.94. The lowest BCUT2D eigenvalue weighted by atomic mass is 9.50. The largest absolute Gasteiger partial charge is 0.455 e. The van der Waals surface area contributed by atoms with Crippen molar-refractivity contribution in [3.05, 3.63) is 58.8 Å². The first kappa shape index (κ1) is 11.1. The first-order valence-electron chi connectivity index (χ1n) is 9.19. The third-order valence-electron chi connectivity index (χ3n) is 4.61. The molecule has 1 aliphatic rings. The van der Waals surface area contributed by atoms with Crippen LogP contribution in [0.4, 0.5) is 0 Å². The zero-order valence-electron chi connectivity index (χ0n) is 16.5. The smallest absolute Gasteiger partial charge is 0.399 e. The molecule has 3 aromatic rings. The van der Waals surface area contributed by atoms with Crippen molar-refractivity contribution in [1.29, 1.82) is 0 Å². The van der Waals surface area contributed by atoms with Gasteiger partial charge in [0.2, 0.25) is 0 Å². The summed E-state index contributed by atoms with van der Waals surface area (Å²) >= 11 is 0. The number of hydrogen-bond acceptors (Lipinski definition) is 2. The molecule has 0 unspecified atom stereocenters. The number of hydrogen-bond donors (Lipinski definition) is 0. The Labute approximate surface area is 140 Å². The van der Waals surface area contributed by atoms with Gasteiger partial charge in [-0.25, -0.2) is 4.57 Å². The van der Waals surface area contributed by atoms with Crippen molar-refractivity contribution in [3.8, 4) is 0 Å². The molecule has 0 saturated carbocycles. The maximum absolute atomic E-state index is 7.62. The lowest BCUT2D eigenvalue weighted by molar-refractivity contribution is -0.654. The predicted molar refractivity (Wildman–Crippen MR) is 94.5 cm³/mol. The van der Waals surface area contributed by atoms with Crippen LogP contribution in [0.2, 0.25) is 0 Å². The molecule has 0 aliphatic carbocycles. The van der Waals surface area contributed by atoms with Crippen molar-refractivity contribution in [2.75, 3.05) is 7.05 Å². The standard InChI is InChI=1S/C19H20BN2O/c1-13-9-10-18(21(3)11-13)20-14(2)19-15-7-5-6-8-16(15)23-17(19)12-22(20)4/h5-12H,1-4H3/q+1/i1D3. The van der Waals surface area contributed by atoms with Crippen molar-refractivity contribution in [2.45, 2.75) is 13.8 Å². The van der Waals surface area contributed by atoms with Gasteiger partial charge in [-0.1, -0.05) is 23.7 Å². The predicted octanol–water partition coefficient (Wildman–Crippen LogP) is 0.858. The van der Waals surface area contributed by atoms with Crippen LogP contribution in [0.1, 0.15) is 16.6 Å². The maximum atomic E-state index is 7.62. The molecular weight excluding hydrogens is 283 g/mol. The van der Waals surface area contributed by atoms with Gasteiger partial charge in [0.15, 0.2) is 11.8 Å². The Bertz CT molecular complexity index is 1130. The second kappa shape index (κ2) is 5.02. The van der Waals surface area contributed by atoms with E-state index >= 15 is 0 Å². The Kier molecular flexibility index (Phi) is 2.42. The third-order valence-corrected chi connectivity index (χ3v) is 4.61. The number of aromatic nitrogens is 1. The minimum Gasteiger partial charge on any atom is -0.455 e. The fourth-order valence-corrected chi connectivity index (χ4v) is 3.60. The molecule has 2 aromatic heterocycles. The zero-order chi connectivity index (χ0) is 18.6. The number of aryl methyl sites for hydroxylation is 2. The molecule has 1 aliphatic heterocycles. The minimum absolute atomic E-state index is 0.0131. The van der Waals surface area contributed by atoms with E-state index in [2.05, 4.69) is 17.8 Å². The first-order valence-corrected chi connectivity index (χ1v) is 7.69. The van der Waals surface area contributed by atoms with E-state index in [-0.39, 0.29) is 6.85 Å². The zero-order valence-corrected chi connectivity index (χ0v) is 13.5. The molecule has 1 aromatic carbocycles. The summed E-state index contributed by atoms with van der Waals surface area (Å²) < 4.78 is 30.8. The highest BCUT2D eigenvalue weighted by Gasteiger charge is 2.34. The van der Waals surface area contributed by atoms with Crippen molar-refractivity contribution in [3.63, 3.8) is 0 Å². The van der Waals surface area contributed by atoms with Gasteiger partial charge >= 0.3 is 6.85 Å². The molecule has 4 rings (SSSR count). The molecule has 114 valence electrons. The molecule has 0 bridgehead atoms. The topological polar surface area (TPSA) is 20.3 Å². The molecular formula is C19H20BN2O+. The van der Waals surface area contributed by atoms with Crippen LogP contribution in [-0.4, -0.2) is 18.7 Å². The third kappa shape index (κ3) is 2.09. The van der Waals surface area contributed by atoms with Gasteiger partial charge in [-0.2, -0.15) is 0 Å². The molecule has 0 fully saturated rings. The molecule has 0 N–H and O–H groups in total. The van der Waals surface area contributed by atoms with E-state index in [1.165, 1.54) is 5.47 Å². The molecule has 0 radical (unpaired) electrons. The highest BCUT2D eigenvalue weighted by Crippen LogP contribution is 2.13. The molecule has 3 heterocycles. The summed E-state index contributed by atoms with van der Waals surface area (Å²) in [7, 11) is 3.91. The molecule has 23 heavy (non-hydrogen) atoms. The SMILES string of the molecule is [2H]C([2H])([2H])c1ccc(B2C(C)=c3c(oc4ccccc34)=CN2C)[n+](C)c1. The maximum Gasteiger partial charge on any atom is 0.399 e. The van der Waals surface area contributed by atoms with Gasteiger partial charge in [-0.05, 0) is 39.0 Å². The number of para-hydroxylation sites is 1. The van der Waals surface area contributed by atoms with E-state index in [9.17, 15) is 0 Å². The van der Waals surface area contributed by atoms with Crippen LogP contribution in [0.15, 0.2) is 47.0 Å². The summed E-state index contributed by atoms with van der Waals surface area (Å²) in [6.45, 7) is 0.0272. The fraction of sp³-hybridized carbons (Fsp3) is 0.211. The average Bonchev–Trinajstić information content (AvgIpc) is 2.93. The molecule has 0 atom stereocenters. The Morgan fingerprint density at radius 3 is 2.83 bits per heavy atom. The van der Waals surface area contributed by atoms with Gasteiger partial charge in [-0.15, -0.1) is 0 Å². The van der Waals surface area contributed by atoms with Crippen LogP contribution in [0.3, 0.4) is 0 Å². The molecule has 3 nitrogen and oxygen atoms in total. The van der Waals surface area contributed by atoms with Crippen LogP contribution >= 0.6 is 0 Å². The van der Waals surface area contributed by atoms with Crippen molar-refractivity contribution >= 4 is 35.1 Å². The van der Waals surface area contributed by atoms with Gasteiger partial charge in [0.05, 0.1) is 0 Å². The van der Waals surface area contributed by atoms with Crippen LogP contribution < -0.4 is 20.8 Å². The summed E-state index contributed by atoms with van der Waals surface area (Å²) in [6, 6.07) is 11.7. The van der Waals surface area contributed by atoms with Gasteiger partial charge < -0.3 is 9.23 Å². The van der Waals surface area contributed by atoms with E-state index in [1.54, 1.807) is 12.3 Å². The van der Waals surface area contributed by atoms with E-state index in [1.807, 2.05) is 49.1 Å². The molecule has 0 amide bonds. The monoisotopic (exact) mass is 306 g/mol. The quantitative estimate of drug-likeness (QED) is 0.491. The second-order valence-electron chi connectivity index (χ2n) is 6.17. The summed E-state index contributed by atoms with van der Waals surface area (Å²) in [5.41, 5.74) is 4.31. The Hall–Kier alpha value is -2.49. The Morgan fingerprint density at radius 1 is 1.22 bits per heavy atom. The van der Waals surface area contributed by atoms with Gasteiger partial charge in [0, 0.05) is 26.5 Å². The van der Waals surface area contributed by atoms with Gasteiger partial charge in [0.1, 0.15) is 18.0 Å². The lowest BCUT2D eigenvalue weighted by Gasteiger charge is -2.24. The van der Waals surface area contributed by atoms with Crippen LogP contribution in [0, 0.1) is 6.85 Å². The van der Waals surface area contributed by atoms with E-state index < -0.39 is 6.85 Å². The highest BCUT2D eigenvalue weighted by molar-refractivity contribution is 6.85. The number of nitrogens with zero attached hydrogens (tertiary/aromatic N) is 2. The Morgan fingerprint density at radius 2 is 2.04 bits per heavy atom. The summed E-state index contributed by atoms with van der Waals surface area (Å²) in [6.07, 6.45) is 3.72. The summed E-state index contributed by atoms with van der Waals surface area (Å²) in [4.78, 5) is 2.12. The summed E-state index contributed by atoms with van der Waals surface area (Å²) in [5, 5.41) is 2.24. The van der Waals surface area contributed by atoms with Crippen LogP contribution in [0.25, 0.3) is 22.6 Å². The van der Waals surface area contributed by atoms with Gasteiger partial charge in [-0.3, -0.25) is 0 Å². The van der Waals surface area contributed by atoms with E-state index in [0.717, 1.165) is 27.2 Å². The second-order valence-corrected chi connectivity index (χ2v) is 6.17. The van der Waals surface area contributed by atoms with E-state index in [0.29, 0.717) is 5.56 Å². The fourth-order valence-electron chi connectivity index (χ4n) is 3.60. The van der Waals surface area contributed by atoms with Crippen molar-refractivity contribution in [2.24, 2.45) is 7.05 Å². The first-order chi connectivity index (χ1) is 12.3. The molecule has 0 spiro atoms. The lowest BCUT2D eigenvalue weighted by Crippen LogP contribution is -2.62. The molecule has 4 heteroatoms. The normalized spacial score (nSPS) is 16.7. The number of pyridine rings is 1. The number of rotatable bonds is 1. The van der Waals surface area contributed by atoms with Crippen LogP contribution in [0.5, 0.6) is 0 Å². The number of furan rings is 1. The minimum atomic E-state index is -2.10. The summed E-state index contributed by atoms with van der Waals surface area (Å²) in [5.74, 6) is 0. The highest BCUT2D eigenvalue weighted by atomic mass is 16.3. The van der Waals surface area contributed by atoms with E-state index in [4.69, 9.17) is 8.53 Å². The molecule has 0 saturated heterocycles.